The molecule has 114 valence electrons. The van der Waals surface area contributed by atoms with Crippen molar-refractivity contribution in [2.75, 3.05) is 13.1 Å². The van der Waals surface area contributed by atoms with E-state index in [1.165, 1.54) is 10.5 Å². The van der Waals surface area contributed by atoms with Gasteiger partial charge in [-0.05, 0) is 12.0 Å². The van der Waals surface area contributed by atoms with E-state index >= 15 is 0 Å². The molecule has 0 spiro atoms. The molecular formula is C17H24N2O2. The van der Waals surface area contributed by atoms with Crippen molar-refractivity contribution in [2.45, 2.75) is 45.2 Å². The molecule has 1 heterocycles. The summed E-state index contributed by atoms with van der Waals surface area (Å²) in [5.41, 5.74) is 1.21. The number of rotatable bonds is 7. The summed E-state index contributed by atoms with van der Waals surface area (Å²) in [7, 11) is 0. The zero-order valence-electron chi connectivity index (χ0n) is 12.7. The van der Waals surface area contributed by atoms with Gasteiger partial charge in [0.15, 0.2) is 0 Å². The van der Waals surface area contributed by atoms with Gasteiger partial charge in [-0.15, -0.1) is 0 Å². The summed E-state index contributed by atoms with van der Waals surface area (Å²) in [5.74, 6) is -0.0386. The molecule has 21 heavy (non-hydrogen) atoms. The first-order valence-electron chi connectivity index (χ1n) is 7.80. The Bertz CT molecular complexity index is 461. The minimum atomic E-state index is -0.157. The molecule has 1 saturated heterocycles. The Kier molecular flexibility index (Phi) is 5.93. The number of hydrogen-bond donors (Lipinski definition) is 0. The number of unbranched alkanes of at least 4 members (excludes halogenated alkanes) is 2. The third kappa shape index (κ3) is 4.14. The number of benzene rings is 1. The van der Waals surface area contributed by atoms with Gasteiger partial charge < -0.3 is 0 Å². The number of amides is 2. The van der Waals surface area contributed by atoms with Crippen LogP contribution >= 0.6 is 0 Å². The molecule has 0 radical (unpaired) electrons. The maximum absolute atomic E-state index is 12.4. The van der Waals surface area contributed by atoms with Crippen LogP contribution in [0.1, 0.15) is 38.2 Å². The Morgan fingerprint density at radius 3 is 2.62 bits per heavy atom. The Labute approximate surface area is 126 Å². The van der Waals surface area contributed by atoms with Crippen molar-refractivity contribution in [3.8, 4) is 0 Å². The van der Waals surface area contributed by atoms with Crippen LogP contribution in [0.3, 0.4) is 0 Å². The van der Waals surface area contributed by atoms with Gasteiger partial charge in [-0.2, -0.15) is 0 Å². The Morgan fingerprint density at radius 1 is 1.19 bits per heavy atom. The number of imide groups is 1. The molecule has 0 saturated carbocycles. The SMILES string of the molecule is CCCCCC1C(=O)N(C=O)CCN1Cc1ccccc1. The molecule has 0 bridgehead atoms. The quantitative estimate of drug-likeness (QED) is 0.571. The fourth-order valence-electron chi connectivity index (χ4n) is 2.86. The average molecular weight is 288 g/mol. The normalized spacial score (nSPS) is 19.8. The summed E-state index contributed by atoms with van der Waals surface area (Å²) in [4.78, 5) is 26.9. The van der Waals surface area contributed by atoms with E-state index in [-0.39, 0.29) is 11.9 Å². The van der Waals surface area contributed by atoms with Crippen molar-refractivity contribution in [3.63, 3.8) is 0 Å². The first-order valence-corrected chi connectivity index (χ1v) is 7.80. The zero-order chi connectivity index (χ0) is 15.1. The lowest BCUT2D eigenvalue weighted by atomic mass is 10.0. The molecule has 1 unspecified atom stereocenters. The van der Waals surface area contributed by atoms with Crippen molar-refractivity contribution in [1.82, 2.24) is 9.80 Å². The highest BCUT2D eigenvalue weighted by Gasteiger charge is 2.33. The first-order chi connectivity index (χ1) is 10.3. The van der Waals surface area contributed by atoms with Crippen molar-refractivity contribution < 1.29 is 9.59 Å². The molecule has 2 amide bonds. The van der Waals surface area contributed by atoms with Crippen LogP contribution in [0.25, 0.3) is 0 Å². The van der Waals surface area contributed by atoms with Crippen LogP contribution in [-0.4, -0.2) is 41.2 Å². The summed E-state index contributed by atoms with van der Waals surface area (Å²) in [5, 5.41) is 0. The molecule has 1 aliphatic rings. The highest BCUT2D eigenvalue weighted by Crippen LogP contribution is 2.19. The Hall–Kier alpha value is -1.68. The second-order valence-corrected chi connectivity index (χ2v) is 5.60. The summed E-state index contributed by atoms with van der Waals surface area (Å²) in [6.07, 6.45) is 4.81. The van der Waals surface area contributed by atoms with Gasteiger partial charge in [0.1, 0.15) is 0 Å². The number of nitrogens with zero attached hydrogens (tertiary/aromatic N) is 2. The van der Waals surface area contributed by atoms with Gasteiger partial charge >= 0.3 is 0 Å². The monoisotopic (exact) mass is 288 g/mol. The summed E-state index contributed by atoms with van der Waals surface area (Å²) in [6, 6.07) is 10.0. The molecule has 1 aromatic rings. The maximum atomic E-state index is 12.4. The first kappa shape index (κ1) is 15.7. The van der Waals surface area contributed by atoms with Crippen LogP contribution in [0.4, 0.5) is 0 Å². The second-order valence-electron chi connectivity index (χ2n) is 5.60. The third-order valence-corrected chi connectivity index (χ3v) is 4.07. The lowest BCUT2D eigenvalue weighted by Gasteiger charge is -2.38. The summed E-state index contributed by atoms with van der Waals surface area (Å²) >= 11 is 0. The van der Waals surface area contributed by atoms with Crippen molar-refractivity contribution in [1.29, 1.82) is 0 Å². The van der Waals surface area contributed by atoms with Gasteiger partial charge in [-0.3, -0.25) is 19.4 Å². The molecule has 1 atom stereocenters. The Morgan fingerprint density at radius 2 is 1.95 bits per heavy atom. The molecule has 1 aromatic carbocycles. The second kappa shape index (κ2) is 7.93. The van der Waals surface area contributed by atoms with E-state index in [2.05, 4.69) is 24.0 Å². The van der Waals surface area contributed by atoms with E-state index in [0.717, 1.165) is 38.8 Å². The van der Waals surface area contributed by atoms with Crippen LogP contribution in [0.2, 0.25) is 0 Å². The number of carbonyl (C=O) groups is 2. The summed E-state index contributed by atoms with van der Waals surface area (Å²) in [6.45, 7) is 4.19. The van der Waals surface area contributed by atoms with Crippen LogP contribution < -0.4 is 0 Å². The fraction of sp³-hybridized carbons (Fsp3) is 0.529. The van der Waals surface area contributed by atoms with E-state index < -0.39 is 0 Å². The smallest absolute Gasteiger partial charge is 0.246 e. The van der Waals surface area contributed by atoms with Gasteiger partial charge in [0.2, 0.25) is 12.3 Å². The van der Waals surface area contributed by atoms with Gasteiger partial charge in [-0.1, -0.05) is 56.5 Å². The van der Waals surface area contributed by atoms with Crippen molar-refractivity contribution in [3.05, 3.63) is 35.9 Å². The number of piperazine rings is 1. The molecule has 1 aliphatic heterocycles. The van der Waals surface area contributed by atoms with Gasteiger partial charge in [-0.25, -0.2) is 0 Å². The number of carbonyl (C=O) groups excluding carboxylic acids is 2. The van der Waals surface area contributed by atoms with E-state index in [1.54, 1.807) is 0 Å². The number of hydrogen-bond acceptors (Lipinski definition) is 3. The van der Waals surface area contributed by atoms with E-state index in [4.69, 9.17) is 0 Å². The predicted octanol–water partition coefficient (Wildman–Crippen LogP) is 2.44. The van der Waals surface area contributed by atoms with Crippen molar-refractivity contribution >= 4 is 12.3 Å². The summed E-state index contributed by atoms with van der Waals surface area (Å²) < 4.78 is 0. The lowest BCUT2D eigenvalue weighted by molar-refractivity contribution is -0.147. The molecule has 0 aromatic heterocycles. The van der Waals surface area contributed by atoms with Gasteiger partial charge in [0.25, 0.3) is 0 Å². The molecule has 1 fully saturated rings. The van der Waals surface area contributed by atoms with Crippen molar-refractivity contribution in [2.24, 2.45) is 0 Å². The lowest BCUT2D eigenvalue weighted by Crippen LogP contribution is -2.56. The third-order valence-electron chi connectivity index (χ3n) is 4.07. The topological polar surface area (TPSA) is 40.6 Å². The largest absolute Gasteiger partial charge is 0.286 e. The average Bonchev–Trinajstić information content (AvgIpc) is 2.51. The van der Waals surface area contributed by atoms with E-state index in [0.29, 0.717) is 13.0 Å². The molecule has 4 heteroatoms. The fourth-order valence-corrected chi connectivity index (χ4v) is 2.86. The van der Waals surface area contributed by atoms with Crippen LogP contribution in [-0.2, 0) is 16.1 Å². The van der Waals surface area contributed by atoms with Gasteiger partial charge in [0.05, 0.1) is 6.04 Å². The molecule has 2 rings (SSSR count). The molecule has 0 aliphatic carbocycles. The standard InChI is InChI=1S/C17H24N2O2/c1-2-3-5-10-16-17(21)19(14-20)12-11-18(16)13-15-8-6-4-7-9-15/h4,6-9,14,16H,2-3,5,10-13H2,1H3. The highest BCUT2D eigenvalue weighted by atomic mass is 16.2. The Balaban J connectivity index is 2.05. The van der Waals surface area contributed by atoms with E-state index in [1.807, 2.05) is 18.2 Å². The van der Waals surface area contributed by atoms with E-state index in [9.17, 15) is 9.59 Å². The van der Waals surface area contributed by atoms with Crippen LogP contribution in [0.15, 0.2) is 30.3 Å². The predicted molar refractivity (Wildman–Crippen MR) is 82.6 cm³/mol. The van der Waals surface area contributed by atoms with Gasteiger partial charge in [0, 0.05) is 19.6 Å². The maximum Gasteiger partial charge on any atom is 0.246 e. The molecule has 4 nitrogen and oxygen atoms in total. The molecule has 0 N–H and O–H groups in total. The highest BCUT2D eigenvalue weighted by molar-refractivity contribution is 5.90. The minimum absolute atomic E-state index is 0.0386. The van der Waals surface area contributed by atoms with Crippen LogP contribution in [0.5, 0.6) is 0 Å². The van der Waals surface area contributed by atoms with Crippen LogP contribution in [0, 0.1) is 0 Å². The molecular weight excluding hydrogens is 264 g/mol. The zero-order valence-corrected chi connectivity index (χ0v) is 12.7. The minimum Gasteiger partial charge on any atom is -0.286 e.